The summed E-state index contributed by atoms with van der Waals surface area (Å²) in [6.07, 6.45) is 4.88. The average molecular weight is 371 g/mol. The summed E-state index contributed by atoms with van der Waals surface area (Å²) in [4.78, 5) is 41.5. The molecule has 1 saturated heterocycles. The molecule has 1 aromatic heterocycles. The minimum atomic E-state index is -0.333. The Labute approximate surface area is 154 Å². The molecule has 0 spiro atoms. The van der Waals surface area contributed by atoms with Crippen molar-refractivity contribution in [3.63, 3.8) is 0 Å². The fourth-order valence-corrected chi connectivity index (χ4v) is 3.22. The first-order chi connectivity index (χ1) is 12.6. The third-order valence-corrected chi connectivity index (χ3v) is 4.57. The molecule has 0 aliphatic carbocycles. The maximum atomic E-state index is 12.4. The third kappa shape index (κ3) is 4.57. The molecule has 2 aromatic rings. The van der Waals surface area contributed by atoms with E-state index in [1.54, 1.807) is 10.8 Å². The second-order valence-electron chi connectivity index (χ2n) is 5.50. The second kappa shape index (κ2) is 8.43. The van der Waals surface area contributed by atoms with E-state index in [4.69, 9.17) is 0 Å². The number of carbonyl (C=O) groups is 3. The number of rotatable bonds is 7. The zero-order valence-corrected chi connectivity index (χ0v) is 14.7. The minimum absolute atomic E-state index is 0.145. The summed E-state index contributed by atoms with van der Waals surface area (Å²) in [5, 5.41) is 6.29. The lowest BCUT2D eigenvalue weighted by Crippen LogP contribution is -2.37. The third-order valence-electron chi connectivity index (χ3n) is 3.66. The van der Waals surface area contributed by atoms with Crippen LogP contribution in [0.4, 0.5) is 4.79 Å². The summed E-state index contributed by atoms with van der Waals surface area (Å²) >= 11 is 0.911. The number of imide groups is 1. The van der Waals surface area contributed by atoms with E-state index in [9.17, 15) is 14.4 Å². The van der Waals surface area contributed by atoms with Crippen LogP contribution in [0.25, 0.3) is 6.08 Å². The number of hydrogen-bond donors (Lipinski definition) is 1. The van der Waals surface area contributed by atoms with Crippen LogP contribution in [0, 0.1) is 0 Å². The monoisotopic (exact) mass is 371 g/mol. The summed E-state index contributed by atoms with van der Waals surface area (Å²) in [6, 6.07) is 9.34. The Hall–Kier alpha value is -2.94. The molecule has 134 valence electrons. The van der Waals surface area contributed by atoms with Crippen LogP contribution < -0.4 is 5.32 Å². The fourth-order valence-electron chi connectivity index (χ4n) is 2.35. The molecule has 2 heterocycles. The average Bonchev–Trinajstić information content (AvgIpc) is 3.25. The number of aromatic nitrogens is 3. The molecule has 3 rings (SSSR count). The molecule has 1 aromatic carbocycles. The summed E-state index contributed by atoms with van der Waals surface area (Å²) in [7, 11) is 0. The molecule has 9 heteroatoms. The number of benzene rings is 1. The molecule has 0 atom stereocenters. The van der Waals surface area contributed by atoms with Crippen molar-refractivity contribution in [2.45, 2.75) is 13.0 Å². The molecule has 0 unspecified atom stereocenters. The topological polar surface area (TPSA) is 97.2 Å². The first kappa shape index (κ1) is 17.9. The zero-order chi connectivity index (χ0) is 18.4. The molecule has 1 aliphatic heterocycles. The van der Waals surface area contributed by atoms with Crippen molar-refractivity contribution in [2.24, 2.45) is 0 Å². The summed E-state index contributed by atoms with van der Waals surface area (Å²) < 4.78 is 1.56. The van der Waals surface area contributed by atoms with E-state index in [2.05, 4.69) is 15.4 Å². The number of thioether (sulfide) groups is 1. The molecule has 0 saturated carbocycles. The van der Waals surface area contributed by atoms with Gasteiger partial charge in [0.25, 0.3) is 11.1 Å². The lowest BCUT2D eigenvalue weighted by atomic mass is 10.2. The van der Waals surface area contributed by atoms with Gasteiger partial charge in [-0.05, 0) is 23.4 Å². The van der Waals surface area contributed by atoms with Gasteiger partial charge >= 0.3 is 0 Å². The highest BCUT2D eigenvalue weighted by atomic mass is 32.2. The lowest BCUT2D eigenvalue weighted by molar-refractivity contribution is -0.124. The van der Waals surface area contributed by atoms with Gasteiger partial charge in [-0.15, -0.1) is 0 Å². The van der Waals surface area contributed by atoms with Crippen molar-refractivity contribution in [1.29, 1.82) is 0 Å². The van der Waals surface area contributed by atoms with Gasteiger partial charge in [0, 0.05) is 19.5 Å². The van der Waals surface area contributed by atoms with Gasteiger partial charge in [-0.25, -0.2) is 4.98 Å². The highest BCUT2D eigenvalue weighted by Crippen LogP contribution is 2.31. The molecule has 0 bridgehead atoms. The Balaban J connectivity index is 1.47. The van der Waals surface area contributed by atoms with Gasteiger partial charge in [0.15, 0.2) is 0 Å². The Morgan fingerprint density at radius 3 is 2.73 bits per heavy atom. The molecule has 8 nitrogen and oxygen atoms in total. The Morgan fingerprint density at radius 2 is 2.00 bits per heavy atom. The van der Waals surface area contributed by atoms with Crippen molar-refractivity contribution in [2.75, 3.05) is 13.1 Å². The number of hydrogen-bond acceptors (Lipinski definition) is 6. The molecule has 1 aliphatic rings. The zero-order valence-electron chi connectivity index (χ0n) is 13.9. The molecule has 26 heavy (non-hydrogen) atoms. The molecule has 3 amide bonds. The maximum Gasteiger partial charge on any atom is 0.293 e. The van der Waals surface area contributed by atoms with Crippen LogP contribution >= 0.6 is 11.8 Å². The smallest absolute Gasteiger partial charge is 0.293 e. The lowest BCUT2D eigenvalue weighted by Gasteiger charge is -2.13. The van der Waals surface area contributed by atoms with E-state index in [1.807, 2.05) is 30.3 Å². The van der Waals surface area contributed by atoms with Crippen molar-refractivity contribution < 1.29 is 14.4 Å². The minimum Gasteiger partial charge on any atom is -0.354 e. The number of amides is 3. The van der Waals surface area contributed by atoms with E-state index < -0.39 is 0 Å². The molecule has 1 N–H and O–H groups in total. The van der Waals surface area contributed by atoms with Crippen LogP contribution in [-0.4, -0.2) is 49.8 Å². The molecule has 1 fully saturated rings. The summed E-state index contributed by atoms with van der Waals surface area (Å²) in [5.74, 6) is -0.506. The first-order valence-corrected chi connectivity index (χ1v) is 8.84. The highest BCUT2D eigenvalue weighted by molar-refractivity contribution is 8.18. The predicted molar refractivity (Wildman–Crippen MR) is 96.8 cm³/mol. The van der Waals surface area contributed by atoms with E-state index in [1.165, 1.54) is 12.7 Å². The Morgan fingerprint density at radius 1 is 1.19 bits per heavy atom. The quantitative estimate of drug-likeness (QED) is 0.741. The predicted octanol–water partition coefficient (Wildman–Crippen LogP) is 1.52. The number of aryl methyl sites for hydroxylation is 1. The maximum absolute atomic E-state index is 12.4. The fraction of sp³-hybridized carbons (Fsp3) is 0.235. The molecule has 0 radical (unpaired) electrons. The van der Waals surface area contributed by atoms with E-state index in [0.717, 1.165) is 22.2 Å². The SMILES string of the molecule is O=C(CCn1cncn1)NCCN1C(=O)S/C(=C\c2ccccc2)C1=O. The highest BCUT2D eigenvalue weighted by Gasteiger charge is 2.34. The standard InChI is InChI=1S/C17H17N5O3S/c23-15(6-8-21-12-18-11-20-21)19-7-9-22-16(24)14(26-17(22)25)10-13-4-2-1-3-5-13/h1-5,10-12H,6-9H2,(H,19,23)/b14-10-. The summed E-state index contributed by atoms with van der Waals surface area (Å²) in [6.45, 7) is 0.784. The Bertz CT molecular complexity index is 820. The van der Waals surface area contributed by atoms with Crippen molar-refractivity contribution in [3.05, 3.63) is 53.5 Å². The summed E-state index contributed by atoms with van der Waals surface area (Å²) in [5.41, 5.74) is 0.861. The van der Waals surface area contributed by atoms with Gasteiger partial charge in [0.1, 0.15) is 12.7 Å². The van der Waals surface area contributed by atoms with Gasteiger partial charge < -0.3 is 5.32 Å². The van der Waals surface area contributed by atoms with Crippen LogP contribution in [0.5, 0.6) is 0 Å². The largest absolute Gasteiger partial charge is 0.354 e. The van der Waals surface area contributed by atoms with Crippen molar-refractivity contribution in [1.82, 2.24) is 25.0 Å². The van der Waals surface area contributed by atoms with Gasteiger partial charge in [-0.2, -0.15) is 5.10 Å². The van der Waals surface area contributed by atoms with Crippen LogP contribution in [0.3, 0.4) is 0 Å². The molecular weight excluding hydrogens is 354 g/mol. The number of carbonyl (C=O) groups excluding carboxylic acids is 3. The normalized spacial score (nSPS) is 15.7. The van der Waals surface area contributed by atoms with E-state index >= 15 is 0 Å². The van der Waals surface area contributed by atoms with Crippen LogP contribution in [-0.2, 0) is 16.1 Å². The van der Waals surface area contributed by atoms with Gasteiger partial charge in [-0.3, -0.25) is 24.0 Å². The second-order valence-corrected chi connectivity index (χ2v) is 6.50. The first-order valence-electron chi connectivity index (χ1n) is 8.03. The number of nitrogens with one attached hydrogen (secondary N) is 1. The van der Waals surface area contributed by atoms with Gasteiger partial charge in [0.05, 0.1) is 11.4 Å². The molecular formula is C17H17N5O3S. The van der Waals surface area contributed by atoms with Gasteiger partial charge in [-0.1, -0.05) is 30.3 Å². The van der Waals surface area contributed by atoms with E-state index in [0.29, 0.717) is 11.4 Å². The van der Waals surface area contributed by atoms with Crippen molar-refractivity contribution in [3.8, 4) is 0 Å². The van der Waals surface area contributed by atoms with Gasteiger partial charge in [0.2, 0.25) is 5.91 Å². The number of nitrogens with zero attached hydrogens (tertiary/aromatic N) is 4. The van der Waals surface area contributed by atoms with E-state index in [-0.39, 0.29) is 36.6 Å². The Kier molecular flexibility index (Phi) is 5.80. The van der Waals surface area contributed by atoms with Crippen molar-refractivity contribution >= 4 is 34.9 Å². The van der Waals surface area contributed by atoms with Crippen LogP contribution in [0.1, 0.15) is 12.0 Å². The van der Waals surface area contributed by atoms with Crippen LogP contribution in [0.15, 0.2) is 47.9 Å². The van der Waals surface area contributed by atoms with Crippen LogP contribution in [0.2, 0.25) is 0 Å².